The number of benzene rings is 2. The van der Waals surface area contributed by atoms with Crippen LogP contribution < -0.4 is 10.1 Å². The van der Waals surface area contributed by atoms with E-state index < -0.39 is 0 Å². The summed E-state index contributed by atoms with van der Waals surface area (Å²) in [6.07, 6.45) is 1.10. The van der Waals surface area contributed by atoms with E-state index in [1.165, 1.54) is 23.5 Å². The van der Waals surface area contributed by atoms with E-state index in [-0.39, 0.29) is 11.7 Å². The molecule has 8 heteroatoms. The zero-order valence-electron chi connectivity index (χ0n) is 13.9. The van der Waals surface area contributed by atoms with Crippen LogP contribution in [0.2, 0.25) is 5.02 Å². The molecule has 0 radical (unpaired) electrons. The molecule has 0 saturated heterocycles. The number of methoxy groups -OCH3 is 1. The van der Waals surface area contributed by atoms with Crippen molar-refractivity contribution in [3.05, 3.63) is 47.2 Å². The summed E-state index contributed by atoms with van der Waals surface area (Å²) >= 11 is 9.10. The second kappa shape index (κ2) is 8.70. The average Bonchev–Trinajstić information content (AvgIpc) is 3.05. The van der Waals surface area contributed by atoms with Crippen molar-refractivity contribution >= 4 is 56.0 Å². The van der Waals surface area contributed by atoms with Gasteiger partial charge in [0.05, 0.1) is 16.8 Å². The van der Waals surface area contributed by atoms with Gasteiger partial charge in [-0.1, -0.05) is 22.9 Å². The lowest BCUT2D eigenvalue weighted by molar-refractivity contribution is -0.116. The first-order valence-corrected chi connectivity index (χ1v) is 10.1. The number of thiazole rings is 1. The minimum absolute atomic E-state index is 0.0983. The van der Waals surface area contributed by atoms with Crippen molar-refractivity contribution in [1.29, 1.82) is 0 Å². The number of ether oxygens (including phenoxy) is 1. The molecule has 0 unspecified atom stereocenters. The van der Waals surface area contributed by atoms with Gasteiger partial charge in [0, 0.05) is 11.3 Å². The fourth-order valence-corrected chi connectivity index (χ4v) is 4.33. The van der Waals surface area contributed by atoms with Gasteiger partial charge in [-0.05, 0) is 48.6 Å². The number of carbonyl (C=O) groups is 1. The Balaban J connectivity index is 1.52. The Bertz CT molecular complexity index is 915. The minimum atomic E-state index is -0.249. The normalized spacial score (nSPS) is 10.9. The quantitative estimate of drug-likeness (QED) is 0.406. The Morgan fingerprint density at radius 1 is 1.31 bits per heavy atom. The number of nitrogens with zero attached hydrogens (tertiary/aromatic N) is 1. The van der Waals surface area contributed by atoms with E-state index in [9.17, 15) is 9.18 Å². The fraction of sp³-hybridized carbons (Fsp3) is 0.222. The first-order chi connectivity index (χ1) is 12.6. The lowest BCUT2D eigenvalue weighted by Gasteiger charge is -2.02. The molecule has 0 saturated carbocycles. The molecule has 3 rings (SSSR count). The number of rotatable bonds is 7. The van der Waals surface area contributed by atoms with Gasteiger partial charge < -0.3 is 10.1 Å². The van der Waals surface area contributed by atoms with Crippen molar-refractivity contribution in [3.63, 3.8) is 0 Å². The lowest BCUT2D eigenvalue weighted by Crippen LogP contribution is -2.11. The molecule has 26 heavy (non-hydrogen) atoms. The molecule has 0 fully saturated rings. The third kappa shape index (κ3) is 4.66. The fourth-order valence-electron chi connectivity index (χ4n) is 2.31. The standard InChI is InChI=1S/C18H16ClFN2O2S2/c1-24-14-9-8-13(19)17-16(14)22-18(26-17)21-15(23)3-2-10-25-12-6-4-11(20)5-7-12/h4-9H,2-3,10H2,1H3,(H,21,22,23). The van der Waals surface area contributed by atoms with Crippen LogP contribution in [0.25, 0.3) is 10.2 Å². The largest absolute Gasteiger partial charge is 0.494 e. The number of thioether (sulfide) groups is 1. The number of carbonyl (C=O) groups excluding carboxylic acids is 1. The highest BCUT2D eigenvalue weighted by Gasteiger charge is 2.13. The number of hydrogen-bond donors (Lipinski definition) is 1. The second-order valence-corrected chi connectivity index (χ2v) is 7.98. The predicted molar refractivity (Wildman–Crippen MR) is 106 cm³/mol. The summed E-state index contributed by atoms with van der Waals surface area (Å²) in [6, 6.07) is 9.83. The van der Waals surface area contributed by atoms with Gasteiger partial charge in [-0.3, -0.25) is 4.79 Å². The van der Waals surface area contributed by atoms with Crippen molar-refractivity contribution in [2.45, 2.75) is 17.7 Å². The van der Waals surface area contributed by atoms with Crippen molar-refractivity contribution in [2.75, 3.05) is 18.2 Å². The number of hydrogen-bond acceptors (Lipinski definition) is 5. The molecular weight excluding hydrogens is 395 g/mol. The first-order valence-electron chi connectivity index (χ1n) is 7.88. The zero-order chi connectivity index (χ0) is 18.5. The van der Waals surface area contributed by atoms with Crippen LogP contribution >= 0.6 is 34.7 Å². The molecule has 1 heterocycles. The maximum atomic E-state index is 12.9. The summed E-state index contributed by atoms with van der Waals surface area (Å²) in [5, 5.41) is 3.89. The number of amides is 1. The highest BCUT2D eigenvalue weighted by Crippen LogP contribution is 2.37. The Morgan fingerprint density at radius 2 is 2.08 bits per heavy atom. The molecule has 136 valence electrons. The molecule has 0 aliphatic carbocycles. The van der Waals surface area contributed by atoms with Crippen LogP contribution in [-0.4, -0.2) is 23.8 Å². The van der Waals surface area contributed by atoms with Crippen LogP contribution in [0, 0.1) is 5.82 Å². The van der Waals surface area contributed by atoms with Crippen LogP contribution in [-0.2, 0) is 4.79 Å². The van der Waals surface area contributed by atoms with Gasteiger partial charge in [-0.15, -0.1) is 11.8 Å². The summed E-state index contributed by atoms with van der Waals surface area (Å²) in [5.41, 5.74) is 0.646. The van der Waals surface area contributed by atoms with E-state index in [1.807, 2.05) is 0 Å². The molecule has 0 aliphatic rings. The first kappa shape index (κ1) is 18.9. The van der Waals surface area contributed by atoms with Gasteiger partial charge >= 0.3 is 0 Å². The van der Waals surface area contributed by atoms with E-state index in [2.05, 4.69) is 10.3 Å². The van der Waals surface area contributed by atoms with E-state index in [1.54, 1.807) is 43.1 Å². The third-order valence-electron chi connectivity index (χ3n) is 3.56. The van der Waals surface area contributed by atoms with Crippen LogP contribution in [0.4, 0.5) is 9.52 Å². The third-order valence-corrected chi connectivity index (χ3v) is 6.08. The second-order valence-electron chi connectivity index (χ2n) is 5.40. The van der Waals surface area contributed by atoms with E-state index >= 15 is 0 Å². The Hall–Kier alpha value is -1.83. The summed E-state index contributed by atoms with van der Waals surface area (Å²) < 4.78 is 18.9. The van der Waals surface area contributed by atoms with Crippen LogP contribution in [0.1, 0.15) is 12.8 Å². The van der Waals surface area contributed by atoms with Crippen LogP contribution in [0.15, 0.2) is 41.3 Å². The molecule has 4 nitrogen and oxygen atoms in total. The number of halogens is 2. The zero-order valence-corrected chi connectivity index (χ0v) is 16.3. The molecule has 0 aliphatic heterocycles. The Morgan fingerprint density at radius 3 is 2.81 bits per heavy atom. The summed E-state index contributed by atoms with van der Waals surface area (Å²) in [6.45, 7) is 0. The summed E-state index contributed by atoms with van der Waals surface area (Å²) in [4.78, 5) is 17.5. The Kier molecular flexibility index (Phi) is 6.34. The molecule has 1 N–H and O–H groups in total. The van der Waals surface area contributed by atoms with Gasteiger partial charge in [0.25, 0.3) is 0 Å². The molecule has 0 spiro atoms. The maximum Gasteiger partial charge on any atom is 0.226 e. The highest BCUT2D eigenvalue weighted by molar-refractivity contribution is 7.99. The molecule has 0 bridgehead atoms. The topological polar surface area (TPSA) is 51.2 Å². The van der Waals surface area contributed by atoms with Gasteiger partial charge in [-0.25, -0.2) is 9.37 Å². The molecule has 3 aromatic rings. The van der Waals surface area contributed by atoms with Crippen molar-refractivity contribution < 1.29 is 13.9 Å². The van der Waals surface area contributed by atoms with Crippen molar-refractivity contribution in [1.82, 2.24) is 4.98 Å². The smallest absolute Gasteiger partial charge is 0.226 e. The monoisotopic (exact) mass is 410 g/mol. The SMILES string of the molecule is COc1ccc(Cl)c2sc(NC(=O)CCCSc3ccc(F)cc3)nc12. The maximum absolute atomic E-state index is 12.9. The van der Waals surface area contributed by atoms with Crippen LogP contribution in [0.5, 0.6) is 5.75 Å². The number of anilines is 1. The van der Waals surface area contributed by atoms with Gasteiger partial charge in [0.1, 0.15) is 17.1 Å². The van der Waals surface area contributed by atoms with Crippen LogP contribution in [0.3, 0.4) is 0 Å². The lowest BCUT2D eigenvalue weighted by atomic mass is 10.3. The minimum Gasteiger partial charge on any atom is -0.494 e. The molecule has 0 atom stereocenters. The van der Waals surface area contributed by atoms with E-state index in [4.69, 9.17) is 16.3 Å². The van der Waals surface area contributed by atoms with Gasteiger partial charge in [0.15, 0.2) is 5.13 Å². The van der Waals surface area contributed by atoms with E-state index in [0.717, 1.165) is 15.3 Å². The highest BCUT2D eigenvalue weighted by atomic mass is 35.5. The van der Waals surface area contributed by atoms with Crippen molar-refractivity contribution in [3.8, 4) is 5.75 Å². The molecule has 1 amide bonds. The number of fused-ring (bicyclic) bond motifs is 1. The predicted octanol–water partition coefficient (Wildman–Crippen LogP) is 5.61. The molecular formula is C18H16ClFN2O2S2. The van der Waals surface area contributed by atoms with Gasteiger partial charge in [0.2, 0.25) is 5.91 Å². The van der Waals surface area contributed by atoms with E-state index in [0.29, 0.717) is 34.3 Å². The van der Waals surface area contributed by atoms with Crippen molar-refractivity contribution in [2.24, 2.45) is 0 Å². The average molecular weight is 411 g/mol. The molecule has 1 aromatic heterocycles. The summed E-state index contributed by atoms with van der Waals surface area (Å²) in [7, 11) is 1.57. The summed E-state index contributed by atoms with van der Waals surface area (Å²) in [5.74, 6) is 1.05. The number of aromatic nitrogens is 1. The van der Waals surface area contributed by atoms with Gasteiger partial charge in [-0.2, -0.15) is 0 Å². The number of nitrogens with one attached hydrogen (secondary N) is 1. The Labute approximate surface area is 163 Å². The molecule has 2 aromatic carbocycles.